The summed E-state index contributed by atoms with van der Waals surface area (Å²) < 4.78 is 8.69. The van der Waals surface area contributed by atoms with Crippen molar-refractivity contribution in [2.45, 2.75) is 40.5 Å². The van der Waals surface area contributed by atoms with E-state index in [0.717, 1.165) is 0 Å². The van der Waals surface area contributed by atoms with Crippen molar-refractivity contribution < 1.29 is 38.9 Å². The highest BCUT2D eigenvalue weighted by Crippen LogP contribution is 2.12. The van der Waals surface area contributed by atoms with Crippen LogP contribution in [0.4, 0.5) is 0 Å². The summed E-state index contributed by atoms with van der Waals surface area (Å²) >= 11 is 0. The molecule has 2 N–H and O–H groups in total. The molecule has 126 valence electrons. The Hall–Kier alpha value is -2.38. The second-order valence-corrected chi connectivity index (χ2v) is 3.72. The predicted octanol–water partition coefficient (Wildman–Crippen LogP) is 1.38. The van der Waals surface area contributed by atoms with Gasteiger partial charge in [0.25, 0.3) is 0 Å². The fraction of sp³-hybridized carbons (Fsp3) is 0.571. The number of carbonyl (C=O) groups is 4. The molecule has 0 bridgehead atoms. The van der Waals surface area contributed by atoms with Gasteiger partial charge in [0, 0.05) is 11.1 Å². The van der Waals surface area contributed by atoms with Crippen LogP contribution >= 0.6 is 0 Å². The number of hydrogen-bond acceptors (Lipinski definition) is 6. The summed E-state index contributed by atoms with van der Waals surface area (Å²) in [4.78, 5) is 41.9. The Kier molecular flexibility index (Phi) is 12.3. The first-order chi connectivity index (χ1) is 10.3. The summed E-state index contributed by atoms with van der Waals surface area (Å²) in [5.41, 5.74) is -0.0185. The Bertz CT molecular complexity index is 396. The van der Waals surface area contributed by atoms with Crippen molar-refractivity contribution in [3.8, 4) is 0 Å². The Morgan fingerprint density at radius 1 is 0.682 bits per heavy atom. The molecule has 0 amide bonds. The Morgan fingerprint density at radius 2 is 0.955 bits per heavy atom. The molecule has 0 unspecified atom stereocenters. The van der Waals surface area contributed by atoms with Crippen LogP contribution in [-0.2, 0) is 28.7 Å². The van der Waals surface area contributed by atoms with Crippen molar-refractivity contribution in [2.75, 3.05) is 13.2 Å². The molecule has 0 aromatic carbocycles. The van der Waals surface area contributed by atoms with Crippen LogP contribution in [0.25, 0.3) is 0 Å². The minimum absolute atomic E-state index is 0.00926. The van der Waals surface area contributed by atoms with Crippen LogP contribution in [0.5, 0.6) is 0 Å². The number of esters is 2. The summed E-state index contributed by atoms with van der Waals surface area (Å²) in [5, 5.41) is 17.2. The molecule has 0 fully saturated rings. The lowest BCUT2D eigenvalue weighted by Gasteiger charge is -2.03. The monoisotopic (exact) mass is 318 g/mol. The molecular weight excluding hydrogens is 296 g/mol. The van der Waals surface area contributed by atoms with Crippen molar-refractivity contribution >= 4 is 23.9 Å². The molecule has 22 heavy (non-hydrogen) atoms. The summed E-state index contributed by atoms with van der Waals surface area (Å²) in [5.74, 6) is -4.14. The van der Waals surface area contributed by atoms with E-state index in [2.05, 4.69) is 9.47 Å². The van der Waals surface area contributed by atoms with E-state index in [1.807, 2.05) is 0 Å². The fourth-order valence-corrected chi connectivity index (χ4v) is 1.37. The third kappa shape index (κ3) is 8.72. The van der Waals surface area contributed by atoms with Gasteiger partial charge in [-0.2, -0.15) is 0 Å². The number of rotatable bonds is 6. The molecule has 0 rings (SSSR count). The maximum absolute atomic E-state index is 10.5. The van der Waals surface area contributed by atoms with Gasteiger partial charge in [-0.25, -0.2) is 19.2 Å². The van der Waals surface area contributed by atoms with Gasteiger partial charge in [-0.1, -0.05) is 13.8 Å². The van der Waals surface area contributed by atoms with Gasteiger partial charge >= 0.3 is 23.9 Å². The molecule has 0 radical (unpaired) electrons. The van der Waals surface area contributed by atoms with Gasteiger partial charge in [0.15, 0.2) is 0 Å². The fourth-order valence-electron chi connectivity index (χ4n) is 1.37. The summed E-state index contributed by atoms with van der Waals surface area (Å²) in [7, 11) is 0. The number of carboxylic acids is 2. The van der Waals surface area contributed by atoms with Crippen LogP contribution in [-0.4, -0.2) is 47.3 Å². The quantitative estimate of drug-likeness (QED) is 0.427. The van der Waals surface area contributed by atoms with Crippen LogP contribution in [0.1, 0.15) is 40.5 Å². The molecule has 0 aliphatic rings. The van der Waals surface area contributed by atoms with E-state index in [-0.39, 0.29) is 37.2 Å². The van der Waals surface area contributed by atoms with E-state index >= 15 is 0 Å². The molecule has 0 spiro atoms. The van der Waals surface area contributed by atoms with E-state index < -0.39 is 23.9 Å². The van der Waals surface area contributed by atoms with E-state index in [1.165, 1.54) is 0 Å². The number of ether oxygens (including phenoxy) is 2. The van der Waals surface area contributed by atoms with E-state index in [9.17, 15) is 19.2 Å². The zero-order valence-corrected chi connectivity index (χ0v) is 13.2. The lowest BCUT2D eigenvalue weighted by Crippen LogP contribution is -2.19. The molecule has 0 aliphatic heterocycles. The topological polar surface area (TPSA) is 127 Å². The maximum atomic E-state index is 10.5. The highest BCUT2D eigenvalue weighted by Gasteiger charge is 2.16. The summed E-state index contributed by atoms with van der Waals surface area (Å²) in [6, 6.07) is 0. The smallest absolute Gasteiger partial charge is 0.417 e. The molecule has 0 saturated heterocycles. The van der Waals surface area contributed by atoms with Crippen molar-refractivity contribution in [1.29, 1.82) is 0 Å². The molecule has 0 aromatic rings. The number of hydrogen-bond donors (Lipinski definition) is 2. The van der Waals surface area contributed by atoms with E-state index in [4.69, 9.17) is 10.2 Å². The highest BCUT2D eigenvalue weighted by molar-refractivity contribution is 6.29. The van der Waals surface area contributed by atoms with Crippen LogP contribution in [0, 0.1) is 0 Å². The molecule has 0 heterocycles. The maximum Gasteiger partial charge on any atom is 0.417 e. The first-order valence-electron chi connectivity index (χ1n) is 6.78. The van der Waals surface area contributed by atoms with Gasteiger partial charge in [-0.15, -0.1) is 0 Å². The van der Waals surface area contributed by atoms with Crippen molar-refractivity contribution in [3.63, 3.8) is 0 Å². The largest absolute Gasteiger partial charge is 0.478 e. The summed E-state index contributed by atoms with van der Waals surface area (Å²) in [6.07, 6.45) is 0.482. The molecule has 0 atom stereocenters. The molecule has 0 aromatic heterocycles. The molecular formula is C14H22O8. The van der Waals surface area contributed by atoms with Crippen molar-refractivity contribution in [1.82, 2.24) is 0 Å². The summed E-state index contributed by atoms with van der Waals surface area (Å²) in [6.45, 7) is 6.88. The Morgan fingerprint density at radius 3 is 1.09 bits per heavy atom. The standard InChI is InChI=1S/C8H12O4.C6H10O4/c1-3-5(7(9)10)6(4-2)8(11)12;1-3-9-5(7)6(8)10-4-2/h3-4H2,1-2H3,(H,9,10)(H,11,12);3-4H2,1-2H3/b6-5-;. The normalized spacial score (nSPS) is 10.5. The zero-order valence-electron chi connectivity index (χ0n) is 13.2. The lowest BCUT2D eigenvalue weighted by molar-refractivity contribution is -0.167. The van der Waals surface area contributed by atoms with Gasteiger partial charge < -0.3 is 19.7 Å². The average Bonchev–Trinajstić information content (AvgIpc) is 2.44. The third-order valence-electron chi connectivity index (χ3n) is 2.31. The molecule has 8 nitrogen and oxygen atoms in total. The first kappa shape index (κ1) is 21.9. The number of carbonyl (C=O) groups excluding carboxylic acids is 2. The van der Waals surface area contributed by atoms with Crippen LogP contribution in [0.15, 0.2) is 11.1 Å². The zero-order chi connectivity index (χ0) is 17.7. The lowest BCUT2D eigenvalue weighted by atomic mass is 10.0. The highest BCUT2D eigenvalue weighted by atomic mass is 16.6. The number of carboxylic acid groups (broad SMARTS) is 2. The van der Waals surface area contributed by atoms with Crippen LogP contribution in [0.2, 0.25) is 0 Å². The predicted molar refractivity (Wildman–Crippen MR) is 76.1 cm³/mol. The second kappa shape index (κ2) is 12.4. The Balaban J connectivity index is 0. The Labute approximate surface area is 128 Å². The number of aliphatic carboxylic acids is 2. The van der Waals surface area contributed by atoms with Gasteiger partial charge in [0.2, 0.25) is 0 Å². The van der Waals surface area contributed by atoms with Crippen molar-refractivity contribution in [3.05, 3.63) is 11.1 Å². The van der Waals surface area contributed by atoms with Gasteiger partial charge in [0.1, 0.15) is 0 Å². The first-order valence-corrected chi connectivity index (χ1v) is 6.78. The van der Waals surface area contributed by atoms with Gasteiger partial charge in [-0.3, -0.25) is 0 Å². The van der Waals surface area contributed by atoms with Crippen molar-refractivity contribution in [2.24, 2.45) is 0 Å². The molecule has 0 aliphatic carbocycles. The van der Waals surface area contributed by atoms with Crippen LogP contribution < -0.4 is 0 Å². The van der Waals surface area contributed by atoms with Crippen LogP contribution in [0.3, 0.4) is 0 Å². The van der Waals surface area contributed by atoms with Gasteiger partial charge in [-0.05, 0) is 26.7 Å². The minimum Gasteiger partial charge on any atom is -0.478 e. The minimum atomic E-state index is -1.14. The van der Waals surface area contributed by atoms with E-state index in [1.54, 1.807) is 27.7 Å². The second-order valence-electron chi connectivity index (χ2n) is 3.72. The molecule has 8 heteroatoms. The third-order valence-corrected chi connectivity index (χ3v) is 2.31. The SMILES string of the molecule is CC/C(C(=O)O)=C(\CC)C(=O)O.CCOC(=O)C(=O)OCC. The molecule has 0 saturated carbocycles. The van der Waals surface area contributed by atoms with Gasteiger partial charge in [0.05, 0.1) is 13.2 Å². The average molecular weight is 318 g/mol. The van der Waals surface area contributed by atoms with E-state index in [0.29, 0.717) is 0 Å².